The molecule has 0 heterocycles. The summed E-state index contributed by atoms with van der Waals surface area (Å²) in [4.78, 5) is 20.7. The van der Waals surface area contributed by atoms with E-state index in [9.17, 15) is 9.59 Å². The summed E-state index contributed by atoms with van der Waals surface area (Å²) >= 11 is 0. The number of hydrogen-bond acceptors (Lipinski definition) is 2. The van der Waals surface area contributed by atoms with Gasteiger partial charge >= 0.3 is 0 Å². The fraction of sp³-hybridized carbons (Fsp3) is 0. The molecule has 1 radical (unpaired) electrons. The normalized spacial score (nSPS) is 9.33. The third-order valence-electron chi connectivity index (χ3n) is 1.38. The van der Waals surface area contributed by atoms with Gasteiger partial charge in [-0.05, 0) is 5.56 Å². The van der Waals surface area contributed by atoms with Crippen LogP contribution in [0.25, 0.3) is 0 Å². The van der Waals surface area contributed by atoms with Gasteiger partial charge in [0.1, 0.15) is 6.29 Å². The van der Waals surface area contributed by atoms with E-state index >= 15 is 0 Å². The number of hydrogen-bond donors (Lipinski definition) is 1. The number of carbonyl (C=O) groups excluding carboxylic acids is 2. The molecule has 1 rings (SSSR count). The van der Waals surface area contributed by atoms with Gasteiger partial charge in [-0.3, -0.25) is 9.59 Å². The maximum absolute atomic E-state index is 10.4. The van der Waals surface area contributed by atoms with Crippen molar-refractivity contribution in [3.8, 4) is 0 Å². The molecule has 12 heavy (non-hydrogen) atoms. The summed E-state index contributed by atoms with van der Waals surface area (Å²) in [6, 6.07) is 6.58. The van der Waals surface area contributed by atoms with Crippen LogP contribution in [0.15, 0.2) is 24.3 Å². The highest BCUT2D eigenvalue weighted by Crippen LogP contribution is 2.03. The Balaban J connectivity index is 2.77. The lowest BCUT2D eigenvalue weighted by molar-refractivity contribution is -0.114. The van der Waals surface area contributed by atoms with Crippen LogP contribution in [0.1, 0.15) is 15.9 Å². The van der Waals surface area contributed by atoms with E-state index in [0.717, 1.165) is 6.29 Å². The number of nitrogens with two attached hydrogens (primary N) is 1. The highest BCUT2D eigenvalue weighted by Gasteiger charge is 1.97. The Morgan fingerprint density at radius 1 is 1.17 bits per heavy atom. The van der Waals surface area contributed by atoms with Crippen LogP contribution >= 0.6 is 0 Å². The van der Waals surface area contributed by atoms with Crippen LogP contribution in [0, 0.1) is 6.42 Å². The molecule has 1 amide bonds. The van der Waals surface area contributed by atoms with E-state index in [0.29, 0.717) is 11.1 Å². The molecule has 0 bridgehead atoms. The first-order valence-electron chi connectivity index (χ1n) is 3.42. The van der Waals surface area contributed by atoms with E-state index in [4.69, 9.17) is 5.73 Å². The van der Waals surface area contributed by atoms with Crippen molar-refractivity contribution in [3.05, 3.63) is 41.8 Å². The molecule has 0 aliphatic carbocycles. The zero-order chi connectivity index (χ0) is 8.97. The first kappa shape index (κ1) is 8.46. The molecule has 3 nitrogen and oxygen atoms in total. The summed E-state index contributed by atoms with van der Waals surface area (Å²) in [5.41, 5.74) is 6.21. The molecule has 0 aliphatic rings. The van der Waals surface area contributed by atoms with Crippen molar-refractivity contribution < 1.29 is 9.59 Å². The molecule has 0 saturated carbocycles. The van der Waals surface area contributed by atoms with Gasteiger partial charge in [-0.1, -0.05) is 24.3 Å². The van der Waals surface area contributed by atoms with Crippen LogP contribution in [0.2, 0.25) is 0 Å². The first-order valence-corrected chi connectivity index (χ1v) is 3.42. The van der Waals surface area contributed by atoms with E-state index < -0.39 is 5.91 Å². The average Bonchev–Trinajstić information content (AvgIpc) is 2.05. The lowest BCUT2D eigenvalue weighted by atomic mass is 10.1. The fourth-order valence-corrected chi connectivity index (χ4v) is 0.835. The summed E-state index contributed by atoms with van der Waals surface area (Å²) in [7, 11) is 0. The second kappa shape index (κ2) is 3.67. The van der Waals surface area contributed by atoms with Crippen molar-refractivity contribution >= 4 is 12.2 Å². The lowest BCUT2D eigenvalue weighted by Gasteiger charge is -1.95. The largest absolute Gasteiger partial charge is 0.369 e. The summed E-state index contributed by atoms with van der Waals surface area (Å²) in [6.07, 6.45) is 2.04. The summed E-state index contributed by atoms with van der Waals surface area (Å²) in [5.74, 6) is -0.492. The molecule has 0 atom stereocenters. The Labute approximate surface area is 70.2 Å². The highest BCUT2D eigenvalue weighted by atomic mass is 16.1. The molecule has 0 unspecified atom stereocenters. The van der Waals surface area contributed by atoms with E-state index in [1.54, 1.807) is 24.3 Å². The Morgan fingerprint density at radius 2 is 1.67 bits per heavy atom. The van der Waals surface area contributed by atoms with Gasteiger partial charge in [-0.15, -0.1) is 0 Å². The number of aldehydes is 1. The van der Waals surface area contributed by atoms with Crippen LogP contribution in [0.5, 0.6) is 0 Å². The average molecular weight is 162 g/mol. The molecule has 1 aromatic carbocycles. The SMILES string of the molecule is NC(=O)[CH]c1ccc(C=O)cc1. The van der Waals surface area contributed by atoms with Gasteiger partial charge in [0.25, 0.3) is 0 Å². The van der Waals surface area contributed by atoms with Crippen LogP contribution in [0.4, 0.5) is 0 Å². The number of benzene rings is 1. The molecule has 2 N–H and O–H groups in total. The highest BCUT2D eigenvalue weighted by molar-refractivity contribution is 5.87. The molecular formula is C9H8NO2. The van der Waals surface area contributed by atoms with Crippen LogP contribution in [-0.2, 0) is 4.79 Å². The van der Waals surface area contributed by atoms with E-state index in [1.807, 2.05) is 0 Å². The third-order valence-corrected chi connectivity index (χ3v) is 1.38. The van der Waals surface area contributed by atoms with Gasteiger partial charge in [0, 0.05) is 5.56 Å². The number of rotatable bonds is 3. The maximum atomic E-state index is 10.4. The topological polar surface area (TPSA) is 60.2 Å². The molecule has 1 aromatic rings. The van der Waals surface area contributed by atoms with Crippen molar-refractivity contribution in [1.29, 1.82) is 0 Å². The standard InChI is InChI=1S/C9H8NO2/c10-9(12)5-7-1-3-8(6-11)4-2-7/h1-6H,(H2,10,12). The fourth-order valence-electron chi connectivity index (χ4n) is 0.835. The van der Waals surface area contributed by atoms with Crippen molar-refractivity contribution in [2.24, 2.45) is 5.73 Å². The second-order valence-corrected chi connectivity index (χ2v) is 2.33. The zero-order valence-corrected chi connectivity index (χ0v) is 6.36. The van der Waals surface area contributed by atoms with Crippen LogP contribution in [-0.4, -0.2) is 12.2 Å². The molecule has 0 saturated heterocycles. The molecular weight excluding hydrogens is 154 g/mol. The smallest absolute Gasteiger partial charge is 0.226 e. The molecule has 0 aromatic heterocycles. The predicted octanol–water partition coefficient (Wildman–Crippen LogP) is 0.537. The summed E-state index contributed by atoms with van der Waals surface area (Å²) in [5, 5.41) is 0. The van der Waals surface area contributed by atoms with E-state index in [2.05, 4.69) is 0 Å². The van der Waals surface area contributed by atoms with Crippen molar-refractivity contribution in [3.63, 3.8) is 0 Å². The van der Waals surface area contributed by atoms with Gasteiger partial charge < -0.3 is 5.73 Å². The van der Waals surface area contributed by atoms with Gasteiger partial charge in [0.2, 0.25) is 5.91 Å². The molecule has 3 heteroatoms. The number of amides is 1. The monoisotopic (exact) mass is 162 g/mol. The predicted molar refractivity (Wildman–Crippen MR) is 44.4 cm³/mol. The number of carbonyl (C=O) groups is 2. The minimum atomic E-state index is -0.492. The van der Waals surface area contributed by atoms with Crippen LogP contribution in [0.3, 0.4) is 0 Å². The van der Waals surface area contributed by atoms with Crippen molar-refractivity contribution in [2.45, 2.75) is 0 Å². The summed E-state index contributed by atoms with van der Waals surface area (Å²) in [6.45, 7) is 0. The lowest BCUT2D eigenvalue weighted by Crippen LogP contribution is -2.11. The molecule has 0 aliphatic heterocycles. The van der Waals surface area contributed by atoms with Gasteiger partial charge in [-0.25, -0.2) is 0 Å². The van der Waals surface area contributed by atoms with Gasteiger partial charge in [-0.2, -0.15) is 0 Å². The zero-order valence-electron chi connectivity index (χ0n) is 6.36. The Hall–Kier alpha value is -1.64. The maximum Gasteiger partial charge on any atom is 0.226 e. The Morgan fingerprint density at radius 3 is 2.08 bits per heavy atom. The van der Waals surface area contributed by atoms with Crippen molar-refractivity contribution in [2.75, 3.05) is 0 Å². The van der Waals surface area contributed by atoms with Gasteiger partial charge in [0.05, 0.1) is 6.42 Å². The first-order chi connectivity index (χ1) is 5.72. The molecule has 61 valence electrons. The van der Waals surface area contributed by atoms with Crippen molar-refractivity contribution in [1.82, 2.24) is 0 Å². The Kier molecular flexibility index (Phi) is 2.58. The van der Waals surface area contributed by atoms with Gasteiger partial charge in [0.15, 0.2) is 0 Å². The minimum Gasteiger partial charge on any atom is -0.369 e. The van der Waals surface area contributed by atoms with E-state index in [1.165, 1.54) is 6.42 Å². The molecule has 0 spiro atoms. The molecule has 0 fully saturated rings. The summed E-state index contributed by atoms with van der Waals surface area (Å²) < 4.78 is 0. The van der Waals surface area contributed by atoms with Crippen LogP contribution < -0.4 is 5.73 Å². The second-order valence-electron chi connectivity index (χ2n) is 2.33. The minimum absolute atomic E-state index is 0.492. The van der Waals surface area contributed by atoms with E-state index in [-0.39, 0.29) is 0 Å². The Bertz CT molecular complexity index is 290. The quantitative estimate of drug-likeness (QED) is 0.659. The number of primary amides is 1. The third kappa shape index (κ3) is 2.20.